The summed E-state index contributed by atoms with van der Waals surface area (Å²) in [5.41, 5.74) is 1.46. The number of rotatable bonds is 4. The zero-order valence-electron chi connectivity index (χ0n) is 17.2. The van der Waals surface area contributed by atoms with Crippen LogP contribution < -0.4 is 0 Å². The monoisotopic (exact) mass is 338 g/mol. The number of benzene rings is 2. The van der Waals surface area contributed by atoms with Gasteiger partial charge in [-0.25, -0.2) is 0 Å². The van der Waals surface area contributed by atoms with Crippen LogP contribution in [0.5, 0.6) is 0 Å². The van der Waals surface area contributed by atoms with E-state index in [2.05, 4.69) is 116 Å². The number of ether oxygens (including phenoxy) is 1. The van der Waals surface area contributed by atoms with Crippen LogP contribution in [0.4, 0.5) is 0 Å². The summed E-state index contributed by atoms with van der Waals surface area (Å²) in [5, 5.41) is 0. The van der Waals surface area contributed by atoms with Gasteiger partial charge < -0.3 is 4.74 Å². The molecule has 0 spiro atoms. The summed E-state index contributed by atoms with van der Waals surface area (Å²) in [4.78, 5) is 0. The van der Waals surface area contributed by atoms with Crippen LogP contribution in [0.2, 0.25) is 0 Å². The maximum atomic E-state index is 7.13. The van der Waals surface area contributed by atoms with Crippen LogP contribution in [0.3, 0.4) is 0 Å². The van der Waals surface area contributed by atoms with Crippen molar-refractivity contribution in [2.24, 2.45) is 10.8 Å². The van der Waals surface area contributed by atoms with E-state index in [1.165, 1.54) is 11.1 Å². The molecule has 2 unspecified atom stereocenters. The van der Waals surface area contributed by atoms with Gasteiger partial charge in [0.2, 0.25) is 0 Å². The summed E-state index contributed by atoms with van der Waals surface area (Å²) >= 11 is 0. The fraction of sp³-hybridized carbons (Fsp3) is 0.500. The van der Waals surface area contributed by atoms with Crippen molar-refractivity contribution in [2.75, 3.05) is 0 Å². The van der Waals surface area contributed by atoms with E-state index in [9.17, 15) is 0 Å². The molecule has 0 heterocycles. The molecule has 1 heteroatoms. The smallest absolute Gasteiger partial charge is 0.0963 e. The predicted octanol–water partition coefficient (Wildman–Crippen LogP) is 6.93. The van der Waals surface area contributed by atoms with Crippen LogP contribution in [0.25, 0.3) is 0 Å². The standard InChI is InChI=1S/C24H34O/c1-21(2,3)23(7,19-15-11-9-12-16-19)25-24(8,22(4,5)6)20-17-13-10-14-18-20/h9-18H,1-8H3. The third-order valence-electron chi connectivity index (χ3n) is 5.92. The van der Waals surface area contributed by atoms with Gasteiger partial charge in [0.25, 0.3) is 0 Å². The molecule has 1 nitrogen and oxygen atoms in total. The average molecular weight is 339 g/mol. The summed E-state index contributed by atoms with van der Waals surface area (Å²) in [6, 6.07) is 21.2. The molecule has 0 saturated heterocycles. The second-order valence-electron chi connectivity index (χ2n) is 9.40. The molecule has 2 aromatic rings. The molecular formula is C24H34O. The maximum Gasteiger partial charge on any atom is 0.0963 e. The highest BCUT2D eigenvalue weighted by atomic mass is 16.5. The Morgan fingerprint density at radius 2 is 0.760 bits per heavy atom. The molecule has 0 fully saturated rings. The van der Waals surface area contributed by atoms with Crippen LogP contribution in [0, 0.1) is 10.8 Å². The van der Waals surface area contributed by atoms with E-state index in [0.717, 1.165) is 0 Å². The van der Waals surface area contributed by atoms with Crippen molar-refractivity contribution < 1.29 is 4.74 Å². The number of hydrogen-bond acceptors (Lipinski definition) is 1. The van der Waals surface area contributed by atoms with Crippen LogP contribution in [0.1, 0.15) is 66.5 Å². The second-order valence-corrected chi connectivity index (χ2v) is 9.40. The molecule has 2 atom stereocenters. The Bertz CT molecular complexity index is 614. The molecule has 0 aromatic heterocycles. The summed E-state index contributed by atoms with van der Waals surface area (Å²) in [5.74, 6) is 0. The van der Waals surface area contributed by atoms with Crippen molar-refractivity contribution in [1.29, 1.82) is 0 Å². The van der Waals surface area contributed by atoms with Crippen molar-refractivity contribution in [3.63, 3.8) is 0 Å². The average Bonchev–Trinajstić information content (AvgIpc) is 2.54. The topological polar surface area (TPSA) is 9.23 Å². The lowest BCUT2D eigenvalue weighted by atomic mass is 9.69. The molecule has 2 rings (SSSR count). The first-order valence-electron chi connectivity index (χ1n) is 9.23. The molecule has 25 heavy (non-hydrogen) atoms. The Morgan fingerprint density at radius 3 is 1.00 bits per heavy atom. The van der Waals surface area contributed by atoms with E-state index < -0.39 is 11.2 Å². The Hall–Kier alpha value is -1.60. The van der Waals surface area contributed by atoms with E-state index >= 15 is 0 Å². The first-order valence-corrected chi connectivity index (χ1v) is 9.23. The van der Waals surface area contributed by atoms with Crippen LogP contribution in [-0.4, -0.2) is 0 Å². The fourth-order valence-electron chi connectivity index (χ4n) is 3.21. The van der Waals surface area contributed by atoms with Crippen molar-refractivity contribution in [3.05, 3.63) is 71.8 Å². The lowest BCUT2D eigenvalue weighted by Gasteiger charge is -2.52. The molecule has 0 aliphatic carbocycles. The van der Waals surface area contributed by atoms with Gasteiger partial charge in [-0.05, 0) is 35.8 Å². The molecule has 0 saturated carbocycles. The minimum absolute atomic E-state index is 0.0599. The number of hydrogen-bond donors (Lipinski definition) is 0. The molecule has 0 bridgehead atoms. The van der Waals surface area contributed by atoms with Gasteiger partial charge in [-0.1, -0.05) is 102 Å². The third-order valence-corrected chi connectivity index (χ3v) is 5.92. The minimum atomic E-state index is -0.424. The molecule has 0 aliphatic heterocycles. The van der Waals surface area contributed by atoms with Crippen molar-refractivity contribution in [2.45, 2.75) is 66.6 Å². The zero-order valence-corrected chi connectivity index (χ0v) is 17.2. The van der Waals surface area contributed by atoms with Gasteiger partial charge in [0.15, 0.2) is 0 Å². The Balaban J connectivity index is 2.63. The SMILES string of the molecule is CC(C)(C)C(C)(OC(C)(c1ccccc1)C(C)(C)C)c1ccccc1. The molecule has 0 radical (unpaired) electrons. The van der Waals surface area contributed by atoms with Crippen molar-refractivity contribution >= 4 is 0 Å². The molecule has 0 aliphatic rings. The van der Waals surface area contributed by atoms with E-state index in [0.29, 0.717) is 0 Å². The lowest BCUT2D eigenvalue weighted by molar-refractivity contribution is -0.235. The minimum Gasteiger partial charge on any atom is -0.359 e. The van der Waals surface area contributed by atoms with Gasteiger partial charge in [0, 0.05) is 0 Å². The van der Waals surface area contributed by atoms with Crippen molar-refractivity contribution in [1.82, 2.24) is 0 Å². The summed E-state index contributed by atoms with van der Waals surface area (Å²) < 4.78 is 7.13. The van der Waals surface area contributed by atoms with E-state index in [4.69, 9.17) is 4.74 Å². The third kappa shape index (κ3) is 3.67. The fourth-order valence-corrected chi connectivity index (χ4v) is 3.21. The zero-order chi connectivity index (χ0) is 18.9. The molecular weight excluding hydrogens is 304 g/mol. The van der Waals surface area contributed by atoms with E-state index in [-0.39, 0.29) is 10.8 Å². The summed E-state index contributed by atoms with van der Waals surface area (Å²) in [7, 11) is 0. The highest BCUT2D eigenvalue weighted by molar-refractivity contribution is 5.28. The highest BCUT2D eigenvalue weighted by Gasteiger charge is 2.50. The van der Waals surface area contributed by atoms with Gasteiger partial charge in [-0.15, -0.1) is 0 Å². The van der Waals surface area contributed by atoms with E-state index in [1.54, 1.807) is 0 Å². The molecule has 0 amide bonds. The Morgan fingerprint density at radius 1 is 0.480 bits per heavy atom. The molecule has 2 aromatic carbocycles. The summed E-state index contributed by atoms with van der Waals surface area (Å²) in [6.07, 6.45) is 0. The van der Waals surface area contributed by atoms with Crippen LogP contribution in [0.15, 0.2) is 60.7 Å². The largest absolute Gasteiger partial charge is 0.359 e. The molecule has 136 valence electrons. The van der Waals surface area contributed by atoms with Gasteiger partial charge in [0.05, 0.1) is 11.2 Å². The Labute approximate surface area is 154 Å². The summed E-state index contributed by atoms with van der Waals surface area (Å²) in [6.45, 7) is 18.0. The van der Waals surface area contributed by atoms with Gasteiger partial charge in [0.1, 0.15) is 0 Å². The first-order chi connectivity index (χ1) is 11.4. The quantitative estimate of drug-likeness (QED) is 0.587. The van der Waals surface area contributed by atoms with Gasteiger partial charge in [-0.3, -0.25) is 0 Å². The second kappa shape index (κ2) is 6.61. The predicted molar refractivity (Wildman–Crippen MR) is 108 cm³/mol. The lowest BCUT2D eigenvalue weighted by Crippen LogP contribution is -2.50. The molecule has 0 N–H and O–H groups in total. The van der Waals surface area contributed by atoms with Crippen LogP contribution in [-0.2, 0) is 15.9 Å². The van der Waals surface area contributed by atoms with E-state index in [1.807, 2.05) is 0 Å². The first kappa shape index (κ1) is 19.7. The van der Waals surface area contributed by atoms with Crippen molar-refractivity contribution in [3.8, 4) is 0 Å². The Kier molecular flexibility index (Phi) is 5.21. The van der Waals surface area contributed by atoms with Crippen LogP contribution >= 0.6 is 0 Å². The van der Waals surface area contributed by atoms with Gasteiger partial charge >= 0.3 is 0 Å². The van der Waals surface area contributed by atoms with Gasteiger partial charge in [-0.2, -0.15) is 0 Å². The normalized spacial score (nSPS) is 17.6. The maximum absolute atomic E-state index is 7.13. The highest BCUT2D eigenvalue weighted by Crippen LogP contribution is 2.52.